The summed E-state index contributed by atoms with van der Waals surface area (Å²) >= 11 is 6.04. The molecule has 3 aromatic heterocycles. The summed E-state index contributed by atoms with van der Waals surface area (Å²) in [5.41, 5.74) is 8.60. The summed E-state index contributed by atoms with van der Waals surface area (Å²) < 4.78 is 28.4. The molecule has 8 nitrogen and oxygen atoms in total. The third-order valence-corrected chi connectivity index (χ3v) is 6.88. The van der Waals surface area contributed by atoms with Crippen LogP contribution in [0.3, 0.4) is 0 Å². The number of aromatic nitrogens is 4. The van der Waals surface area contributed by atoms with Gasteiger partial charge in [-0.05, 0) is 48.0 Å². The fourth-order valence-electron chi connectivity index (χ4n) is 3.33. The molecule has 0 saturated carbocycles. The zero-order valence-electron chi connectivity index (χ0n) is 16.4. The minimum Gasteiger partial charge on any atom is -0.382 e. The van der Waals surface area contributed by atoms with E-state index in [0.29, 0.717) is 16.1 Å². The molecular weight excluding hydrogens is 448 g/mol. The second-order valence-corrected chi connectivity index (χ2v) is 9.22. The van der Waals surface area contributed by atoms with Crippen LogP contribution in [0.5, 0.6) is 0 Å². The molecule has 32 heavy (non-hydrogen) atoms. The Labute approximate surface area is 187 Å². The van der Waals surface area contributed by atoms with Crippen LogP contribution < -0.4 is 5.73 Å². The Hall–Kier alpha value is -3.82. The highest BCUT2D eigenvalue weighted by atomic mass is 35.5. The molecule has 0 fully saturated rings. The maximum Gasteiger partial charge on any atom is 0.212 e. The summed E-state index contributed by atoms with van der Waals surface area (Å²) in [6.07, 6.45) is 4.80. The molecule has 3 heterocycles. The second kappa shape index (κ2) is 7.70. The lowest BCUT2D eigenvalue weighted by Crippen LogP contribution is -2.06. The summed E-state index contributed by atoms with van der Waals surface area (Å²) in [4.78, 5) is 13.0. The number of rotatable bonds is 4. The van der Waals surface area contributed by atoms with Gasteiger partial charge >= 0.3 is 0 Å². The van der Waals surface area contributed by atoms with E-state index >= 15 is 0 Å². The first kappa shape index (κ1) is 20.1. The molecule has 0 radical (unpaired) electrons. The number of para-hydroxylation sites is 2. The van der Waals surface area contributed by atoms with E-state index in [0.717, 1.165) is 5.56 Å². The van der Waals surface area contributed by atoms with Crippen molar-refractivity contribution in [1.29, 1.82) is 0 Å². The van der Waals surface area contributed by atoms with Crippen molar-refractivity contribution >= 4 is 55.7 Å². The van der Waals surface area contributed by atoms with Crippen LogP contribution in [0.4, 0.5) is 5.82 Å². The second-order valence-electron chi connectivity index (χ2n) is 6.90. The number of benzene rings is 2. The monoisotopic (exact) mass is 462 g/mol. The summed E-state index contributed by atoms with van der Waals surface area (Å²) in [5, 5.41) is 4.69. The van der Waals surface area contributed by atoms with Gasteiger partial charge in [-0.3, -0.25) is 4.98 Å². The summed E-state index contributed by atoms with van der Waals surface area (Å²) in [5.74, 6) is -0.0967. The Kier molecular flexibility index (Phi) is 4.84. The Balaban J connectivity index is 1.82. The number of halogens is 1. The molecule has 0 bridgehead atoms. The van der Waals surface area contributed by atoms with Gasteiger partial charge in [0, 0.05) is 17.4 Å². The Bertz CT molecular complexity index is 1610. The van der Waals surface area contributed by atoms with Gasteiger partial charge in [-0.25, -0.2) is 18.4 Å². The Morgan fingerprint density at radius 3 is 2.41 bits per heavy atom. The van der Waals surface area contributed by atoms with E-state index in [4.69, 9.17) is 17.3 Å². The van der Waals surface area contributed by atoms with Crippen molar-refractivity contribution in [2.45, 2.75) is 9.79 Å². The number of sulfone groups is 1. The normalized spacial score (nSPS) is 12.2. The van der Waals surface area contributed by atoms with Gasteiger partial charge in [-0.2, -0.15) is 9.78 Å². The van der Waals surface area contributed by atoms with Crippen molar-refractivity contribution in [3.8, 4) is 0 Å². The van der Waals surface area contributed by atoms with Gasteiger partial charge in [0.15, 0.2) is 5.65 Å². The first-order chi connectivity index (χ1) is 15.4. The van der Waals surface area contributed by atoms with Crippen molar-refractivity contribution < 1.29 is 8.42 Å². The quantitative estimate of drug-likeness (QED) is 0.404. The third kappa shape index (κ3) is 3.37. The minimum absolute atomic E-state index is 0.00354. The van der Waals surface area contributed by atoms with E-state index in [9.17, 15) is 8.42 Å². The van der Waals surface area contributed by atoms with E-state index in [1.54, 1.807) is 61.1 Å². The lowest BCUT2D eigenvalue weighted by Gasteiger charge is -2.05. The Morgan fingerprint density at radius 2 is 1.69 bits per heavy atom. The first-order valence-electron chi connectivity index (χ1n) is 9.47. The molecule has 2 aromatic carbocycles. The molecule has 5 rings (SSSR count). The number of fused-ring (bicyclic) bond motifs is 2. The highest BCUT2D eigenvalue weighted by molar-refractivity contribution is 7.92. The number of hydrogen-bond donors (Lipinski definition) is 1. The predicted octanol–water partition coefficient (Wildman–Crippen LogP) is 3.93. The van der Waals surface area contributed by atoms with Gasteiger partial charge in [-0.1, -0.05) is 29.8 Å². The topological polar surface area (TPSA) is 116 Å². The molecule has 0 aliphatic heterocycles. The van der Waals surface area contributed by atoms with E-state index < -0.39 is 9.84 Å². The number of hydrogen-bond acceptors (Lipinski definition) is 7. The SMILES string of the molecule is Nc1c(S(=O)(=O)c2cccc(Cl)c2)c2nc3ccccc3nc2n1/N=C/c1ccncc1. The molecule has 0 aliphatic carbocycles. The molecule has 0 spiro atoms. The molecule has 2 N–H and O–H groups in total. The van der Waals surface area contributed by atoms with Crippen molar-refractivity contribution in [2.75, 3.05) is 5.73 Å². The third-order valence-electron chi connectivity index (χ3n) is 4.83. The highest BCUT2D eigenvalue weighted by Gasteiger charge is 2.30. The standard InChI is InChI=1S/C22H15ClN6O2S/c23-15-4-3-5-16(12-15)32(30,31)20-19-22(28-18-7-2-1-6-17(18)27-19)29(21(20)24)26-13-14-8-10-25-11-9-14/h1-13H,24H2/b26-13+. The maximum absolute atomic E-state index is 13.6. The van der Waals surface area contributed by atoms with Crippen LogP contribution in [0.2, 0.25) is 5.02 Å². The lowest BCUT2D eigenvalue weighted by molar-refractivity contribution is 0.597. The highest BCUT2D eigenvalue weighted by Crippen LogP contribution is 2.35. The average Bonchev–Trinajstić information content (AvgIpc) is 3.07. The van der Waals surface area contributed by atoms with Crippen molar-refractivity contribution in [3.63, 3.8) is 0 Å². The smallest absolute Gasteiger partial charge is 0.212 e. The molecule has 0 amide bonds. The molecular formula is C22H15ClN6O2S. The molecule has 0 unspecified atom stereocenters. The van der Waals surface area contributed by atoms with Gasteiger partial charge in [0.25, 0.3) is 0 Å². The number of nitrogens with zero attached hydrogens (tertiary/aromatic N) is 5. The van der Waals surface area contributed by atoms with E-state index in [2.05, 4.69) is 20.1 Å². The van der Waals surface area contributed by atoms with Crippen LogP contribution in [0, 0.1) is 0 Å². The first-order valence-corrected chi connectivity index (χ1v) is 11.3. The van der Waals surface area contributed by atoms with E-state index in [1.165, 1.54) is 16.8 Å². The molecule has 0 atom stereocenters. The van der Waals surface area contributed by atoms with Crippen LogP contribution in [-0.2, 0) is 9.84 Å². The predicted molar refractivity (Wildman–Crippen MR) is 124 cm³/mol. The van der Waals surface area contributed by atoms with Crippen LogP contribution in [-0.4, -0.2) is 34.3 Å². The summed E-state index contributed by atoms with van der Waals surface area (Å²) in [6, 6.07) is 16.7. The largest absolute Gasteiger partial charge is 0.382 e. The molecule has 158 valence electrons. The van der Waals surface area contributed by atoms with Crippen LogP contribution in [0.15, 0.2) is 87.9 Å². The number of nitrogens with two attached hydrogens (primary N) is 1. The minimum atomic E-state index is -4.07. The number of nitrogen functional groups attached to an aromatic ring is 1. The average molecular weight is 463 g/mol. The van der Waals surface area contributed by atoms with Gasteiger partial charge in [-0.15, -0.1) is 0 Å². The molecule has 0 aliphatic rings. The van der Waals surface area contributed by atoms with Crippen LogP contribution in [0.25, 0.3) is 22.2 Å². The van der Waals surface area contributed by atoms with Gasteiger partial charge in [0.1, 0.15) is 16.2 Å². The van der Waals surface area contributed by atoms with Gasteiger partial charge in [0.05, 0.1) is 22.1 Å². The molecule has 0 saturated heterocycles. The summed E-state index contributed by atoms with van der Waals surface area (Å²) in [6.45, 7) is 0. The van der Waals surface area contributed by atoms with E-state index in [1.807, 2.05) is 6.07 Å². The van der Waals surface area contributed by atoms with Crippen LogP contribution >= 0.6 is 11.6 Å². The van der Waals surface area contributed by atoms with Crippen molar-refractivity contribution in [1.82, 2.24) is 19.6 Å². The van der Waals surface area contributed by atoms with Crippen LogP contribution in [0.1, 0.15) is 5.56 Å². The number of pyridine rings is 1. The maximum atomic E-state index is 13.6. The molecule has 10 heteroatoms. The fraction of sp³-hybridized carbons (Fsp3) is 0. The lowest BCUT2D eigenvalue weighted by atomic mass is 10.3. The molecule has 5 aromatic rings. The Morgan fingerprint density at radius 1 is 0.969 bits per heavy atom. The van der Waals surface area contributed by atoms with Crippen molar-refractivity contribution in [3.05, 3.63) is 83.6 Å². The zero-order valence-corrected chi connectivity index (χ0v) is 18.0. The zero-order chi connectivity index (χ0) is 22.3. The fourth-order valence-corrected chi connectivity index (χ4v) is 5.11. The number of anilines is 1. The summed E-state index contributed by atoms with van der Waals surface area (Å²) in [7, 11) is -4.07. The van der Waals surface area contributed by atoms with Crippen molar-refractivity contribution in [2.24, 2.45) is 5.10 Å². The van der Waals surface area contributed by atoms with Gasteiger partial charge in [0.2, 0.25) is 9.84 Å². The van der Waals surface area contributed by atoms with E-state index in [-0.39, 0.29) is 26.8 Å². The van der Waals surface area contributed by atoms with Gasteiger partial charge < -0.3 is 5.73 Å².